The van der Waals surface area contributed by atoms with E-state index in [-0.39, 0.29) is 48.6 Å². The highest BCUT2D eigenvalue weighted by molar-refractivity contribution is 5.93. The number of rotatable bonds is 7. The van der Waals surface area contributed by atoms with E-state index in [4.69, 9.17) is 23.4 Å². The number of allylic oxidation sites excluding steroid dienone is 1. The number of ether oxygens (including phenoxy) is 4. The summed E-state index contributed by atoms with van der Waals surface area (Å²) in [6, 6.07) is 13.0. The summed E-state index contributed by atoms with van der Waals surface area (Å²) in [6.07, 6.45) is 13.3. The fraction of sp³-hybridized carbons (Fsp3) is 0.746. The van der Waals surface area contributed by atoms with Crippen LogP contribution in [0.5, 0.6) is 0 Å². The Morgan fingerprint density at radius 1 is 0.861 bits per heavy atom. The predicted octanol–water partition coefficient (Wildman–Crippen LogP) is 6.86. The van der Waals surface area contributed by atoms with Crippen molar-refractivity contribution in [3.05, 3.63) is 71.8 Å². The smallest absolute Gasteiger partial charge is 0.339 e. The first-order chi connectivity index (χ1) is 34.7. The van der Waals surface area contributed by atoms with Crippen LogP contribution in [0.25, 0.3) is 0 Å². The van der Waals surface area contributed by atoms with Crippen LogP contribution >= 0.6 is 0 Å². The maximum Gasteiger partial charge on any atom is 0.339 e. The largest absolute Gasteiger partial charge is 0.469 e. The fourth-order valence-corrected chi connectivity index (χ4v) is 20.7. The topological polar surface area (TPSA) is 181 Å². The van der Waals surface area contributed by atoms with Crippen molar-refractivity contribution in [2.75, 3.05) is 26.4 Å². The van der Waals surface area contributed by atoms with Gasteiger partial charge in [-0.1, -0.05) is 56.2 Å². The molecule has 72 heavy (non-hydrogen) atoms. The number of Topliss-reactive ketones (excluding diaryl/α,β-unsaturated/α-hetero) is 1. The van der Waals surface area contributed by atoms with E-state index in [2.05, 4.69) is 53.7 Å². The van der Waals surface area contributed by atoms with E-state index in [0.29, 0.717) is 68.2 Å². The van der Waals surface area contributed by atoms with Gasteiger partial charge in [-0.15, -0.1) is 0 Å². The van der Waals surface area contributed by atoms with Crippen molar-refractivity contribution in [1.82, 2.24) is 10.2 Å². The molecule has 6 saturated carbocycles. The van der Waals surface area contributed by atoms with E-state index < -0.39 is 81.2 Å². The van der Waals surface area contributed by atoms with Crippen LogP contribution < -0.4 is 5.32 Å². The molecule has 0 bridgehead atoms. The molecular weight excluding hydrogens is 913 g/mol. The number of nitrogens with one attached hydrogen (secondary N) is 1. The van der Waals surface area contributed by atoms with Gasteiger partial charge in [-0.3, -0.25) is 14.9 Å². The van der Waals surface area contributed by atoms with Gasteiger partial charge < -0.3 is 43.6 Å². The minimum absolute atomic E-state index is 0.0164. The van der Waals surface area contributed by atoms with Crippen molar-refractivity contribution >= 4 is 17.7 Å². The Morgan fingerprint density at radius 3 is 2.53 bits per heavy atom. The summed E-state index contributed by atoms with van der Waals surface area (Å²) in [7, 11) is 0. The number of carbonyl (C=O) groups excluding carboxylic acids is 3. The third-order valence-electron chi connectivity index (χ3n) is 23.3. The number of cyclic esters (lactones) is 2. The number of aliphatic hydroxyl groups excluding tert-OH is 3. The van der Waals surface area contributed by atoms with Gasteiger partial charge in [0.05, 0.1) is 42.1 Å². The third kappa shape index (κ3) is 6.01. The molecule has 7 heterocycles. The maximum absolute atomic E-state index is 16.1. The zero-order valence-corrected chi connectivity index (χ0v) is 42.4. The predicted molar refractivity (Wildman–Crippen MR) is 261 cm³/mol. The molecule has 3 spiro atoms. The van der Waals surface area contributed by atoms with Crippen molar-refractivity contribution in [2.24, 2.45) is 80.8 Å². The summed E-state index contributed by atoms with van der Waals surface area (Å²) in [5.74, 6) is 0.195. The SMILES string of the molecule is CC1(C)O[C@H]2[C@@]3(CC[C@H](CO)C3)C(=O)OC[C@@]23[C@@H]1C(=O)[C@@H](O)[C@]1([C@H]2CCC[C@@H](Cc4ccccc4)C2)[C@@H]3CC[C@@]2(C)[C@H](c3ccoc3C[C@@H]3[C@H]4C[C@H]5C=CN6CNC[C@H]6[C@@H]5C[C@@H]4CC[C@H]3O)OC(=O)[C@H]3O[C@@]312. The Balaban J connectivity index is 0.880. The van der Waals surface area contributed by atoms with Gasteiger partial charge in [0, 0.05) is 47.4 Å². The number of benzene rings is 1. The molecule has 0 unspecified atom stereocenters. The lowest BCUT2D eigenvalue weighted by molar-refractivity contribution is -0.285. The second kappa shape index (κ2) is 16.2. The maximum atomic E-state index is 16.1. The van der Waals surface area contributed by atoms with Crippen LogP contribution in [-0.4, -0.2) is 106 Å². The van der Waals surface area contributed by atoms with Crippen molar-refractivity contribution in [3.63, 3.8) is 0 Å². The molecule has 12 aliphatic rings. The molecular formula is C59H76N2O11. The van der Waals surface area contributed by atoms with E-state index in [0.717, 1.165) is 82.3 Å². The average molecular weight is 989 g/mol. The fourth-order valence-electron chi connectivity index (χ4n) is 20.7. The molecule has 11 fully saturated rings. The van der Waals surface area contributed by atoms with E-state index in [1.54, 1.807) is 6.26 Å². The zero-order chi connectivity index (χ0) is 49.3. The van der Waals surface area contributed by atoms with Gasteiger partial charge in [0.15, 0.2) is 11.9 Å². The molecule has 6 aliphatic heterocycles. The van der Waals surface area contributed by atoms with E-state index in [1.165, 1.54) is 5.56 Å². The number of fused-ring (bicyclic) bond motifs is 6. The minimum Gasteiger partial charge on any atom is -0.469 e. The highest BCUT2D eigenvalue weighted by Gasteiger charge is 2.93. The van der Waals surface area contributed by atoms with Gasteiger partial charge in [0.1, 0.15) is 30.2 Å². The molecule has 0 amide bonds. The summed E-state index contributed by atoms with van der Waals surface area (Å²) >= 11 is 0. The number of hydrogen-bond donors (Lipinski definition) is 4. The van der Waals surface area contributed by atoms with Crippen molar-refractivity contribution < 1.29 is 53.1 Å². The number of nitrogens with zero attached hydrogens (tertiary/aromatic N) is 1. The molecule has 13 nitrogen and oxygen atoms in total. The number of hydrogen-bond acceptors (Lipinski definition) is 13. The number of furan rings is 1. The summed E-state index contributed by atoms with van der Waals surface area (Å²) in [5, 5.41) is 39.9. The minimum atomic E-state index is -1.49. The van der Waals surface area contributed by atoms with Crippen LogP contribution in [0.2, 0.25) is 0 Å². The number of esters is 2. The van der Waals surface area contributed by atoms with Crippen LogP contribution in [0.1, 0.15) is 127 Å². The quantitative estimate of drug-likeness (QED) is 0.167. The number of carbonyl (C=O) groups is 3. The van der Waals surface area contributed by atoms with Gasteiger partial charge in [-0.2, -0.15) is 0 Å². The summed E-state index contributed by atoms with van der Waals surface area (Å²) in [6.45, 7) is 7.93. The number of aliphatic hydroxyl groups is 3. The molecule has 13 heteroatoms. The first-order valence-electron chi connectivity index (χ1n) is 28.2. The van der Waals surface area contributed by atoms with Gasteiger partial charge in [0.25, 0.3) is 0 Å². The van der Waals surface area contributed by atoms with Crippen molar-refractivity contribution in [2.45, 2.75) is 165 Å². The molecule has 0 radical (unpaired) electrons. The van der Waals surface area contributed by atoms with Gasteiger partial charge in [0.2, 0.25) is 0 Å². The Kier molecular flexibility index (Phi) is 10.6. The highest BCUT2D eigenvalue weighted by atomic mass is 16.7. The van der Waals surface area contributed by atoms with Crippen molar-refractivity contribution in [3.8, 4) is 0 Å². The van der Waals surface area contributed by atoms with Crippen LogP contribution in [0.4, 0.5) is 0 Å². The third-order valence-corrected chi connectivity index (χ3v) is 23.3. The van der Waals surface area contributed by atoms with Crippen LogP contribution in [-0.2, 0) is 46.2 Å². The molecule has 6 aliphatic carbocycles. The summed E-state index contributed by atoms with van der Waals surface area (Å²) in [4.78, 5) is 48.2. The molecule has 388 valence electrons. The summed E-state index contributed by atoms with van der Waals surface area (Å²) in [5.41, 5.74) is -4.61. The average Bonchev–Trinajstić information content (AvgIpc) is 3.77. The number of epoxide rings is 1. The highest BCUT2D eigenvalue weighted by Crippen LogP contribution is 2.84. The Labute approximate surface area is 423 Å². The Morgan fingerprint density at radius 2 is 1.71 bits per heavy atom. The molecule has 21 atom stereocenters. The normalized spacial score (nSPS) is 50.4. The molecule has 14 rings (SSSR count). The van der Waals surface area contributed by atoms with Gasteiger partial charge >= 0.3 is 11.9 Å². The van der Waals surface area contributed by atoms with E-state index in [9.17, 15) is 20.1 Å². The lowest BCUT2D eigenvalue weighted by Crippen LogP contribution is -2.80. The monoisotopic (exact) mass is 989 g/mol. The Hall–Kier alpha value is -3.59. The van der Waals surface area contributed by atoms with Crippen LogP contribution in [0, 0.1) is 80.8 Å². The van der Waals surface area contributed by atoms with E-state index >= 15 is 9.59 Å². The molecule has 5 saturated heterocycles. The van der Waals surface area contributed by atoms with Gasteiger partial charge in [-0.25, -0.2) is 4.79 Å². The number of ketones is 1. The van der Waals surface area contributed by atoms with Gasteiger partial charge in [-0.05, 0) is 162 Å². The van der Waals surface area contributed by atoms with E-state index in [1.807, 2.05) is 26.0 Å². The molecule has 1 aromatic carbocycles. The van der Waals surface area contributed by atoms with Crippen LogP contribution in [0.15, 0.2) is 59.4 Å². The zero-order valence-electron chi connectivity index (χ0n) is 42.4. The first kappa shape index (κ1) is 46.9. The second-order valence-corrected chi connectivity index (χ2v) is 26.5. The Bertz CT molecular complexity index is 2550. The molecule has 4 N–H and O–H groups in total. The lowest BCUT2D eigenvalue weighted by Gasteiger charge is -2.70. The first-order valence-corrected chi connectivity index (χ1v) is 28.2. The molecule has 1 aromatic heterocycles. The standard InChI is InChI=1S/C59H76N2O11/c1-54(2)47-46(64)48(65)58(37-11-7-10-33(23-37)22-32-8-5-4-6-9-32)45(57(47)30-69-53(67)56(52(57)72-54)19-14-34(27-56)29-62)15-18-55(3)49(70-51(66)50-59(55,58)71-50)38-17-21-68-44(38)26-41-39-24-36-16-20-61-31-60-28-42(61)40(36)25-35(39)12-13-43(41)63/h4-6,8-9,16-17,20-21,33-37,39-43,45,47-50,52,60,62-63,65H,7,10-15,18-19,22-31H2,1-3H3/t33-,34-,35-,36+,37-,39-,40+,41+,42-,43+,45+,47+,48+,49-,50+,52-,55-,56-,57+,58-,59+/m0/s1. The summed E-state index contributed by atoms with van der Waals surface area (Å²) < 4.78 is 34.4. The van der Waals surface area contributed by atoms with Crippen LogP contribution in [0.3, 0.4) is 0 Å². The second-order valence-electron chi connectivity index (χ2n) is 26.5. The van der Waals surface area contributed by atoms with Crippen molar-refractivity contribution in [1.29, 1.82) is 0 Å². The molecule has 2 aromatic rings. The lowest BCUT2D eigenvalue weighted by atomic mass is 9.32.